The molecule has 2 rings (SSSR count). The van der Waals surface area contributed by atoms with Gasteiger partial charge in [0, 0.05) is 0 Å². The second kappa shape index (κ2) is 3.94. The van der Waals surface area contributed by atoms with E-state index < -0.39 is 0 Å². The third-order valence-corrected chi connectivity index (χ3v) is 2.85. The molecule has 0 spiro atoms. The molecular formula is C10H7BrN2O2. The molecule has 2 aromatic rings. The molecule has 4 nitrogen and oxygen atoms in total. The summed E-state index contributed by atoms with van der Waals surface area (Å²) in [7, 11) is 0. The van der Waals surface area contributed by atoms with E-state index in [0.717, 1.165) is 11.8 Å². The summed E-state index contributed by atoms with van der Waals surface area (Å²) in [5.74, 6) is 0. The average Bonchev–Trinajstić information content (AvgIpc) is 2.28. The summed E-state index contributed by atoms with van der Waals surface area (Å²) in [6.45, 7) is 0. The molecule has 0 aliphatic carbocycles. The van der Waals surface area contributed by atoms with Gasteiger partial charge in [-0.1, -0.05) is 22.0 Å². The quantitative estimate of drug-likeness (QED) is 0.663. The zero-order valence-corrected chi connectivity index (χ0v) is 9.19. The van der Waals surface area contributed by atoms with Crippen molar-refractivity contribution in [3.8, 4) is 0 Å². The fourth-order valence-electron chi connectivity index (χ4n) is 1.34. The molecule has 1 aromatic carbocycles. The molecule has 0 aliphatic rings. The number of aromatic nitrogens is 2. The van der Waals surface area contributed by atoms with Crippen molar-refractivity contribution in [2.45, 2.75) is 4.83 Å². The van der Waals surface area contributed by atoms with Crippen molar-refractivity contribution in [3.63, 3.8) is 0 Å². The van der Waals surface area contributed by atoms with E-state index in [1.54, 1.807) is 18.2 Å². The summed E-state index contributed by atoms with van der Waals surface area (Å²) < 4.78 is 0. The maximum atomic E-state index is 11.4. The predicted octanol–water partition coefficient (Wildman–Crippen LogP) is 1.56. The number of alkyl halides is 1. The van der Waals surface area contributed by atoms with Gasteiger partial charge in [-0.25, -0.2) is 4.98 Å². The standard InChI is InChI=1S/C10H7BrN2O2/c11-8(4-14)6-1-2-7-9(3-6)12-5-13-10(7)15/h1-5,8H,(H,12,13,15). The first-order valence-electron chi connectivity index (χ1n) is 4.29. The van der Waals surface area contributed by atoms with Gasteiger partial charge < -0.3 is 9.78 Å². The first-order valence-corrected chi connectivity index (χ1v) is 5.20. The highest BCUT2D eigenvalue weighted by atomic mass is 79.9. The van der Waals surface area contributed by atoms with Crippen LogP contribution in [0.25, 0.3) is 10.9 Å². The second-order valence-electron chi connectivity index (χ2n) is 3.05. The van der Waals surface area contributed by atoms with Crippen LogP contribution in [-0.2, 0) is 4.79 Å². The largest absolute Gasteiger partial charge is 0.313 e. The van der Waals surface area contributed by atoms with E-state index in [1.165, 1.54) is 6.33 Å². The number of rotatable bonds is 2. The summed E-state index contributed by atoms with van der Waals surface area (Å²) in [5, 5.41) is 0.520. The highest BCUT2D eigenvalue weighted by Gasteiger charge is 2.07. The smallest absolute Gasteiger partial charge is 0.258 e. The Labute approximate surface area is 93.5 Å². The highest BCUT2D eigenvalue weighted by Crippen LogP contribution is 2.22. The fraction of sp³-hybridized carbons (Fsp3) is 0.100. The normalized spacial score (nSPS) is 12.6. The molecule has 15 heavy (non-hydrogen) atoms. The average molecular weight is 267 g/mol. The molecule has 0 amide bonds. The van der Waals surface area contributed by atoms with Gasteiger partial charge in [-0.3, -0.25) is 4.79 Å². The van der Waals surface area contributed by atoms with Crippen LogP contribution in [0.4, 0.5) is 0 Å². The number of hydrogen-bond donors (Lipinski definition) is 1. The lowest BCUT2D eigenvalue weighted by molar-refractivity contribution is -0.107. The minimum Gasteiger partial charge on any atom is -0.313 e. The number of nitrogens with one attached hydrogen (secondary N) is 1. The molecule has 1 aromatic heterocycles. The van der Waals surface area contributed by atoms with Crippen LogP contribution in [0.3, 0.4) is 0 Å². The number of nitrogens with zero attached hydrogens (tertiary/aromatic N) is 1. The Balaban J connectivity index is 2.67. The number of aldehydes is 1. The van der Waals surface area contributed by atoms with Gasteiger partial charge in [0.15, 0.2) is 0 Å². The number of hydrogen-bond acceptors (Lipinski definition) is 3. The van der Waals surface area contributed by atoms with Crippen LogP contribution in [0.5, 0.6) is 0 Å². The Bertz CT molecular complexity index is 565. The van der Waals surface area contributed by atoms with Gasteiger partial charge in [-0.2, -0.15) is 0 Å². The van der Waals surface area contributed by atoms with Crippen LogP contribution in [0, 0.1) is 0 Å². The molecular weight excluding hydrogens is 260 g/mol. The Hall–Kier alpha value is -1.49. The molecule has 5 heteroatoms. The molecule has 1 atom stereocenters. The van der Waals surface area contributed by atoms with Gasteiger partial charge >= 0.3 is 0 Å². The fourth-order valence-corrected chi connectivity index (χ4v) is 1.62. The van der Waals surface area contributed by atoms with Crippen molar-refractivity contribution in [2.24, 2.45) is 0 Å². The number of benzene rings is 1. The Morgan fingerprint density at radius 1 is 1.47 bits per heavy atom. The Morgan fingerprint density at radius 3 is 3.00 bits per heavy atom. The van der Waals surface area contributed by atoms with Crippen molar-refractivity contribution in [1.29, 1.82) is 0 Å². The van der Waals surface area contributed by atoms with Crippen molar-refractivity contribution >= 4 is 33.1 Å². The molecule has 1 unspecified atom stereocenters. The van der Waals surface area contributed by atoms with E-state index in [2.05, 4.69) is 25.9 Å². The lowest BCUT2D eigenvalue weighted by Gasteiger charge is -2.02. The van der Waals surface area contributed by atoms with Crippen molar-refractivity contribution in [2.75, 3.05) is 0 Å². The SMILES string of the molecule is O=CC(Br)c1ccc2c(=O)[nH]cnc2c1. The minimum atomic E-state index is -0.358. The van der Waals surface area contributed by atoms with Gasteiger partial charge in [-0.05, 0) is 17.7 Å². The van der Waals surface area contributed by atoms with Gasteiger partial charge in [0.1, 0.15) is 6.29 Å². The Morgan fingerprint density at radius 2 is 2.27 bits per heavy atom. The van der Waals surface area contributed by atoms with Crippen molar-refractivity contribution < 1.29 is 4.79 Å². The molecule has 0 saturated heterocycles. The van der Waals surface area contributed by atoms with E-state index in [9.17, 15) is 9.59 Å². The van der Waals surface area contributed by atoms with Crippen LogP contribution in [0.1, 0.15) is 10.4 Å². The number of aromatic amines is 1. The number of carbonyl (C=O) groups excluding carboxylic acids is 1. The molecule has 0 fully saturated rings. The number of halogens is 1. The maximum absolute atomic E-state index is 11.4. The molecule has 1 N–H and O–H groups in total. The second-order valence-corrected chi connectivity index (χ2v) is 4.03. The van der Waals surface area contributed by atoms with Crippen LogP contribution < -0.4 is 5.56 Å². The van der Waals surface area contributed by atoms with E-state index in [1.807, 2.05) is 0 Å². The van der Waals surface area contributed by atoms with Gasteiger partial charge in [0.2, 0.25) is 0 Å². The molecule has 0 saturated carbocycles. The highest BCUT2D eigenvalue weighted by molar-refractivity contribution is 9.09. The molecule has 0 aliphatic heterocycles. The third-order valence-electron chi connectivity index (χ3n) is 2.10. The summed E-state index contributed by atoms with van der Waals surface area (Å²) in [6.07, 6.45) is 2.13. The summed E-state index contributed by atoms with van der Waals surface area (Å²) in [4.78, 5) is 28.1. The lowest BCUT2D eigenvalue weighted by atomic mass is 10.1. The first-order chi connectivity index (χ1) is 7.22. The van der Waals surface area contributed by atoms with E-state index in [0.29, 0.717) is 10.9 Å². The lowest BCUT2D eigenvalue weighted by Crippen LogP contribution is -2.06. The van der Waals surface area contributed by atoms with E-state index in [4.69, 9.17) is 0 Å². The summed E-state index contributed by atoms with van der Waals surface area (Å²) in [5.41, 5.74) is 1.20. The third kappa shape index (κ3) is 1.83. The van der Waals surface area contributed by atoms with Crippen molar-refractivity contribution in [1.82, 2.24) is 9.97 Å². The van der Waals surface area contributed by atoms with Crippen LogP contribution in [0.15, 0.2) is 29.3 Å². The summed E-state index contributed by atoms with van der Waals surface area (Å²) in [6, 6.07) is 5.11. The first kappa shape index (κ1) is 10.0. The molecule has 0 bridgehead atoms. The zero-order valence-electron chi connectivity index (χ0n) is 7.61. The topological polar surface area (TPSA) is 62.8 Å². The van der Waals surface area contributed by atoms with Crippen LogP contribution >= 0.6 is 15.9 Å². The van der Waals surface area contributed by atoms with Gasteiger partial charge in [0.25, 0.3) is 5.56 Å². The Kier molecular flexibility index (Phi) is 2.64. The summed E-state index contributed by atoms with van der Waals surface area (Å²) >= 11 is 3.21. The predicted molar refractivity (Wildman–Crippen MR) is 60.1 cm³/mol. The van der Waals surface area contributed by atoms with Crippen LogP contribution in [0.2, 0.25) is 0 Å². The number of fused-ring (bicyclic) bond motifs is 1. The zero-order chi connectivity index (χ0) is 10.8. The van der Waals surface area contributed by atoms with E-state index in [-0.39, 0.29) is 10.4 Å². The molecule has 0 radical (unpaired) electrons. The monoisotopic (exact) mass is 266 g/mol. The number of H-pyrrole nitrogens is 1. The maximum Gasteiger partial charge on any atom is 0.258 e. The minimum absolute atomic E-state index is 0.177. The van der Waals surface area contributed by atoms with Gasteiger partial charge in [0.05, 0.1) is 22.1 Å². The number of carbonyl (C=O) groups is 1. The van der Waals surface area contributed by atoms with E-state index >= 15 is 0 Å². The van der Waals surface area contributed by atoms with Crippen LogP contribution in [-0.4, -0.2) is 16.3 Å². The van der Waals surface area contributed by atoms with Gasteiger partial charge in [-0.15, -0.1) is 0 Å². The van der Waals surface area contributed by atoms with Crippen molar-refractivity contribution in [3.05, 3.63) is 40.4 Å². The molecule has 1 heterocycles. The molecule has 76 valence electrons.